The van der Waals surface area contributed by atoms with Crippen molar-refractivity contribution in [3.05, 3.63) is 35.6 Å². The zero-order valence-corrected chi connectivity index (χ0v) is 19.0. The summed E-state index contributed by atoms with van der Waals surface area (Å²) < 4.78 is 24.3. The fourth-order valence-corrected chi connectivity index (χ4v) is 3.41. The number of ether oxygens (including phenoxy) is 2. The summed E-state index contributed by atoms with van der Waals surface area (Å²) in [4.78, 5) is 4.77. The first-order chi connectivity index (χ1) is 13.2. The van der Waals surface area contributed by atoms with Crippen LogP contribution in [0.5, 0.6) is 0 Å². The molecule has 1 atom stereocenters. The highest BCUT2D eigenvalue weighted by atomic mass is 127. The molecule has 1 aromatic rings. The van der Waals surface area contributed by atoms with Gasteiger partial charge in [0.15, 0.2) is 5.96 Å². The summed E-state index contributed by atoms with van der Waals surface area (Å²) in [6.45, 7) is 7.71. The second kappa shape index (κ2) is 11.9. The first-order valence-electron chi connectivity index (χ1n) is 10.2. The Hall–Kier alpha value is -0.930. The van der Waals surface area contributed by atoms with E-state index in [2.05, 4.69) is 17.6 Å². The molecule has 5 nitrogen and oxygen atoms in total. The third-order valence-electron chi connectivity index (χ3n) is 5.33. The predicted molar refractivity (Wildman–Crippen MR) is 121 cm³/mol. The van der Waals surface area contributed by atoms with Crippen LogP contribution in [0.2, 0.25) is 0 Å². The van der Waals surface area contributed by atoms with Crippen LogP contribution < -0.4 is 10.6 Å². The lowest BCUT2D eigenvalue weighted by Crippen LogP contribution is -2.38. The van der Waals surface area contributed by atoms with Crippen molar-refractivity contribution in [2.45, 2.75) is 38.0 Å². The number of nitrogens with zero attached hydrogens (tertiary/aromatic N) is 1. The normalized spacial score (nSPS) is 20.5. The third kappa shape index (κ3) is 7.15. The molecule has 0 aromatic heterocycles. The molecule has 1 aromatic carbocycles. The molecule has 0 bridgehead atoms. The zero-order valence-electron chi connectivity index (χ0n) is 16.7. The third-order valence-corrected chi connectivity index (χ3v) is 5.33. The summed E-state index contributed by atoms with van der Waals surface area (Å²) in [5.41, 5.74) is 1.27. The highest BCUT2D eigenvalue weighted by molar-refractivity contribution is 14.0. The fourth-order valence-electron chi connectivity index (χ4n) is 3.41. The molecule has 158 valence electrons. The Bertz CT molecular complexity index is 602. The fraction of sp³-hybridized carbons (Fsp3) is 0.667. The number of hydrogen-bond acceptors (Lipinski definition) is 3. The Kier molecular flexibility index (Phi) is 9.94. The van der Waals surface area contributed by atoms with E-state index in [4.69, 9.17) is 14.5 Å². The van der Waals surface area contributed by atoms with Crippen molar-refractivity contribution in [1.82, 2.24) is 10.6 Å². The van der Waals surface area contributed by atoms with Gasteiger partial charge >= 0.3 is 0 Å². The van der Waals surface area contributed by atoms with Gasteiger partial charge in [-0.25, -0.2) is 4.39 Å². The second-order valence-electron chi connectivity index (χ2n) is 7.57. The zero-order chi connectivity index (χ0) is 19.0. The molecule has 2 aliphatic rings. The molecule has 0 amide bonds. The van der Waals surface area contributed by atoms with Gasteiger partial charge in [-0.2, -0.15) is 0 Å². The van der Waals surface area contributed by atoms with E-state index in [1.165, 1.54) is 5.56 Å². The van der Waals surface area contributed by atoms with Crippen LogP contribution in [0.4, 0.5) is 4.39 Å². The topological polar surface area (TPSA) is 54.9 Å². The molecule has 0 radical (unpaired) electrons. The molecule has 1 aliphatic heterocycles. The number of halogens is 2. The van der Waals surface area contributed by atoms with E-state index in [1.54, 1.807) is 12.1 Å². The Morgan fingerprint density at radius 3 is 2.71 bits per heavy atom. The largest absolute Gasteiger partial charge is 0.381 e. The first kappa shape index (κ1) is 23.3. The molecule has 1 saturated heterocycles. The molecule has 0 spiro atoms. The Morgan fingerprint density at radius 2 is 2.07 bits per heavy atom. The molecule has 7 heteroatoms. The molecule has 1 heterocycles. The van der Waals surface area contributed by atoms with Crippen molar-refractivity contribution in [2.75, 3.05) is 46.1 Å². The minimum absolute atomic E-state index is 0. The number of aliphatic imine (C=N–C) groups is 1. The summed E-state index contributed by atoms with van der Waals surface area (Å²) >= 11 is 0. The monoisotopic (exact) mass is 505 g/mol. The Balaban J connectivity index is 0.00000280. The summed E-state index contributed by atoms with van der Waals surface area (Å²) in [7, 11) is 0. The van der Waals surface area contributed by atoms with Crippen LogP contribution in [0.3, 0.4) is 0 Å². The molecule has 2 fully saturated rings. The van der Waals surface area contributed by atoms with Gasteiger partial charge in [-0.05, 0) is 50.3 Å². The van der Waals surface area contributed by atoms with E-state index in [9.17, 15) is 4.39 Å². The van der Waals surface area contributed by atoms with Gasteiger partial charge in [0.2, 0.25) is 0 Å². The van der Waals surface area contributed by atoms with E-state index >= 15 is 0 Å². The molecular formula is C21H33FIN3O2. The van der Waals surface area contributed by atoms with Crippen LogP contribution in [-0.2, 0) is 14.9 Å². The minimum Gasteiger partial charge on any atom is -0.381 e. The molecule has 1 aliphatic carbocycles. The van der Waals surface area contributed by atoms with Crippen LogP contribution in [0, 0.1) is 11.7 Å². The molecule has 2 N–H and O–H groups in total. The van der Waals surface area contributed by atoms with Gasteiger partial charge < -0.3 is 20.1 Å². The maximum Gasteiger partial charge on any atom is 0.191 e. The van der Waals surface area contributed by atoms with Crippen molar-refractivity contribution in [3.63, 3.8) is 0 Å². The second-order valence-corrected chi connectivity index (χ2v) is 7.57. The van der Waals surface area contributed by atoms with Gasteiger partial charge in [-0.3, -0.25) is 4.99 Å². The SMILES string of the molecule is CCNC(=NCC1(c2ccc(F)cc2)CC1)NCCCOCC1CCOC1.I. The van der Waals surface area contributed by atoms with Crippen LogP contribution in [0.1, 0.15) is 38.2 Å². The van der Waals surface area contributed by atoms with E-state index < -0.39 is 0 Å². The summed E-state index contributed by atoms with van der Waals surface area (Å²) in [6, 6.07) is 6.87. The van der Waals surface area contributed by atoms with E-state index in [-0.39, 0.29) is 35.2 Å². The van der Waals surface area contributed by atoms with E-state index in [0.717, 1.165) is 77.7 Å². The van der Waals surface area contributed by atoms with Crippen molar-refractivity contribution >= 4 is 29.9 Å². The lowest BCUT2D eigenvalue weighted by atomic mass is 9.96. The maximum absolute atomic E-state index is 13.2. The maximum atomic E-state index is 13.2. The van der Waals surface area contributed by atoms with Gasteiger partial charge in [-0.1, -0.05) is 12.1 Å². The van der Waals surface area contributed by atoms with E-state index in [1.807, 2.05) is 12.1 Å². The quantitative estimate of drug-likeness (QED) is 0.221. The summed E-state index contributed by atoms with van der Waals surface area (Å²) in [5.74, 6) is 1.23. The highest BCUT2D eigenvalue weighted by Gasteiger charge is 2.44. The van der Waals surface area contributed by atoms with Crippen LogP contribution >= 0.6 is 24.0 Å². The molecule has 28 heavy (non-hydrogen) atoms. The van der Waals surface area contributed by atoms with Gasteiger partial charge in [-0.15, -0.1) is 24.0 Å². The average molecular weight is 505 g/mol. The van der Waals surface area contributed by atoms with Crippen molar-refractivity contribution in [2.24, 2.45) is 10.9 Å². The van der Waals surface area contributed by atoms with Crippen LogP contribution in [0.15, 0.2) is 29.3 Å². The number of benzene rings is 1. The van der Waals surface area contributed by atoms with Gasteiger partial charge in [0, 0.05) is 37.6 Å². The van der Waals surface area contributed by atoms with Crippen molar-refractivity contribution in [3.8, 4) is 0 Å². The number of rotatable bonds is 10. The van der Waals surface area contributed by atoms with Crippen LogP contribution in [-0.4, -0.2) is 52.0 Å². The minimum atomic E-state index is -0.185. The smallest absolute Gasteiger partial charge is 0.191 e. The lowest BCUT2D eigenvalue weighted by molar-refractivity contribution is 0.0888. The molecule has 1 saturated carbocycles. The van der Waals surface area contributed by atoms with Gasteiger partial charge in [0.05, 0.1) is 19.8 Å². The average Bonchev–Trinajstić information content (AvgIpc) is 3.28. The molecule has 3 rings (SSSR count). The van der Waals surface area contributed by atoms with Crippen LogP contribution in [0.25, 0.3) is 0 Å². The van der Waals surface area contributed by atoms with Gasteiger partial charge in [0.25, 0.3) is 0 Å². The van der Waals surface area contributed by atoms with Crippen molar-refractivity contribution in [1.29, 1.82) is 0 Å². The number of nitrogens with one attached hydrogen (secondary N) is 2. The Morgan fingerprint density at radius 1 is 1.29 bits per heavy atom. The predicted octanol–water partition coefficient (Wildman–Crippen LogP) is 3.47. The lowest BCUT2D eigenvalue weighted by Gasteiger charge is -2.16. The Labute approximate surface area is 184 Å². The van der Waals surface area contributed by atoms with Gasteiger partial charge in [0.1, 0.15) is 5.82 Å². The molecule has 1 unspecified atom stereocenters. The van der Waals surface area contributed by atoms with E-state index in [0.29, 0.717) is 5.92 Å². The van der Waals surface area contributed by atoms with Crippen molar-refractivity contribution < 1.29 is 13.9 Å². The summed E-state index contributed by atoms with van der Waals surface area (Å²) in [5, 5.41) is 6.69. The standard InChI is InChI=1S/C21H32FN3O2.HI/c1-2-23-20(24-11-3-12-26-14-17-8-13-27-15-17)25-16-21(9-10-21)18-4-6-19(22)7-5-18;/h4-7,17H,2-3,8-16H2,1H3,(H2,23,24,25);1H. The highest BCUT2D eigenvalue weighted by Crippen LogP contribution is 2.48. The number of hydrogen-bond donors (Lipinski definition) is 2. The number of guanidine groups is 1. The first-order valence-corrected chi connectivity index (χ1v) is 10.2. The molecular weight excluding hydrogens is 472 g/mol. The summed E-state index contributed by atoms with van der Waals surface area (Å²) in [6.07, 6.45) is 4.28.